The van der Waals surface area contributed by atoms with Gasteiger partial charge in [0.25, 0.3) is 0 Å². The second-order valence-electron chi connectivity index (χ2n) is 8.00. The lowest BCUT2D eigenvalue weighted by Gasteiger charge is -2.32. The molecular weight excluding hydrogens is 293 g/mol. The van der Waals surface area contributed by atoms with Crippen molar-refractivity contribution in [3.63, 3.8) is 0 Å². The molecule has 126 valence electrons. The van der Waals surface area contributed by atoms with Gasteiger partial charge in [0.2, 0.25) is 0 Å². The first-order chi connectivity index (χ1) is 10.4. The lowest BCUT2D eigenvalue weighted by molar-refractivity contribution is 0.00578. The zero-order valence-corrected chi connectivity index (χ0v) is 15.3. The summed E-state index contributed by atoms with van der Waals surface area (Å²) in [7, 11) is 0.815. The van der Waals surface area contributed by atoms with E-state index in [2.05, 4.69) is 4.98 Å². The Balaban J connectivity index is 2.49. The molecule has 1 fully saturated rings. The van der Waals surface area contributed by atoms with Crippen LogP contribution in [0.2, 0.25) is 0 Å². The predicted octanol–water partition coefficient (Wildman–Crippen LogP) is 2.46. The zero-order chi connectivity index (χ0) is 17.6. The molecule has 0 atom stereocenters. The molecule has 2 heterocycles. The topological polar surface area (TPSA) is 57.7 Å². The fourth-order valence-corrected chi connectivity index (χ4v) is 2.26. The van der Waals surface area contributed by atoms with Crippen molar-refractivity contribution in [3.8, 4) is 0 Å². The van der Waals surface area contributed by atoms with Crippen LogP contribution in [0.25, 0.3) is 0 Å². The first-order valence-corrected chi connectivity index (χ1v) is 7.84. The van der Waals surface area contributed by atoms with Crippen molar-refractivity contribution in [1.29, 1.82) is 0 Å². The van der Waals surface area contributed by atoms with Crippen LogP contribution >= 0.6 is 0 Å². The lowest BCUT2D eigenvalue weighted by atomic mass is 9.77. The summed E-state index contributed by atoms with van der Waals surface area (Å²) >= 11 is 0. The van der Waals surface area contributed by atoms with Gasteiger partial charge >= 0.3 is 13.1 Å². The Morgan fingerprint density at radius 2 is 1.65 bits per heavy atom. The first kappa shape index (κ1) is 18.0. The third-order valence-electron chi connectivity index (χ3n) is 4.54. The Labute approximate surface area is 138 Å². The molecule has 0 amide bonds. The van der Waals surface area contributed by atoms with Crippen LogP contribution in [0.3, 0.4) is 0 Å². The molecule has 0 aromatic carbocycles. The van der Waals surface area contributed by atoms with E-state index in [4.69, 9.17) is 14.0 Å². The van der Waals surface area contributed by atoms with Crippen LogP contribution in [-0.2, 0) is 19.5 Å². The molecule has 0 radical (unpaired) electrons. The molecule has 0 spiro atoms. The number of rotatable bonds is 2. The van der Waals surface area contributed by atoms with Gasteiger partial charge in [-0.25, -0.2) is 9.78 Å². The van der Waals surface area contributed by atoms with Crippen LogP contribution in [0.15, 0.2) is 12.1 Å². The third kappa shape index (κ3) is 3.43. The fraction of sp³-hybridized carbons (Fsp3) is 0.647. The van der Waals surface area contributed by atoms with Gasteiger partial charge in [0.1, 0.15) is 5.69 Å². The van der Waals surface area contributed by atoms with Gasteiger partial charge in [0, 0.05) is 11.1 Å². The molecule has 0 saturated carbocycles. The molecule has 0 bridgehead atoms. The fourth-order valence-electron chi connectivity index (χ4n) is 2.26. The van der Waals surface area contributed by atoms with Crippen molar-refractivity contribution in [1.82, 2.24) is 4.98 Å². The molecule has 0 N–H and O–H groups in total. The number of nitrogens with zero attached hydrogens (tertiary/aromatic N) is 1. The standard InChI is InChI=1S/C17H26BNO4/c1-15(2,3)13-10-11(9-12(19-13)14(20)21-8)18-22-16(4,5)17(6,7)23-18/h9-10H,1-8H3. The third-order valence-corrected chi connectivity index (χ3v) is 4.54. The maximum atomic E-state index is 11.9. The largest absolute Gasteiger partial charge is 0.494 e. The highest BCUT2D eigenvalue weighted by atomic mass is 16.7. The van der Waals surface area contributed by atoms with Gasteiger partial charge in [-0.3, -0.25) is 0 Å². The average Bonchev–Trinajstić information content (AvgIpc) is 2.65. The predicted molar refractivity (Wildman–Crippen MR) is 90.0 cm³/mol. The molecule has 5 nitrogen and oxygen atoms in total. The van der Waals surface area contributed by atoms with Crippen molar-refractivity contribution in [2.24, 2.45) is 0 Å². The van der Waals surface area contributed by atoms with E-state index in [9.17, 15) is 4.79 Å². The van der Waals surface area contributed by atoms with Gasteiger partial charge in [-0.1, -0.05) is 20.8 Å². The van der Waals surface area contributed by atoms with Crippen LogP contribution in [0.4, 0.5) is 0 Å². The van der Waals surface area contributed by atoms with Crippen LogP contribution in [-0.4, -0.2) is 36.4 Å². The minimum absolute atomic E-state index is 0.206. The summed E-state index contributed by atoms with van der Waals surface area (Å²) in [6, 6.07) is 3.62. The number of carbonyl (C=O) groups excluding carboxylic acids is 1. The first-order valence-electron chi connectivity index (χ1n) is 7.84. The number of esters is 1. The number of hydrogen-bond acceptors (Lipinski definition) is 5. The van der Waals surface area contributed by atoms with Crippen molar-refractivity contribution >= 4 is 18.6 Å². The van der Waals surface area contributed by atoms with Crippen molar-refractivity contribution < 1.29 is 18.8 Å². The lowest BCUT2D eigenvalue weighted by Crippen LogP contribution is -2.41. The number of pyridine rings is 1. The quantitative estimate of drug-likeness (QED) is 0.619. The molecule has 6 heteroatoms. The Morgan fingerprint density at radius 1 is 1.13 bits per heavy atom. The van der Waals surface area contributed by atoms with Gasteiger partial charge in [-0.05, 0) is 45.3 Å². The van der Waals surface area contributed by atoms with Crippen molar-refractivity contribution in [3.05, 3.63) is 23.5 Å². The molecule has 1 saturated heterocycles. The monoisotopic (exact) mass is 319 g/mol. The molecular formula is C17H26BNO4. The van der Waals surface area contributed by atoms with Gasteiger partial charge in [-0.15, -0.1) is 0 Å². The molecule has 1 aromatic rings. The summed E-state index contributed by atoms with van der Waals surface area (Å²) in [4.78, 5) is 16.4. The summed E-state index contributed by atoms with van der Waals surface area (Å²) < 4.78 is 17.0. The van der Waals surface area contributed by atoms with Crippen molar-refractivity contribution in [2.45, 2.75) is 65.1 Å². The molecule has 1 aliphatic rings. The number of aromatic nitrogens is 1. The molecule has 2 rings (SSSR count). The maximum Gasteiger partial charge on any atom is 0.494 e. The second kappa shape index (κ2) is 5.60. The second-order valence-corrected chi connectivity index (χ2v) is 8.00. The normalized spacial score (nSPS) is 19.7. The van der Waals surface area contributed by atoms with E-state index in [-0.39, 0.29) is 11.1 Å². The highest BCUT2D eigenvalue weighted by Gasteiger charge is 2.52. The van der Waals surface area contributed by atoms with Crippen LogP contribution < -0.4 is 5.46 Å². The van der Waals surface area contributed by atoms with E-state index < -0.39 is 24.3 Å². The van der Waals surface area contributed by atoms with Crippen LogP contribution in [0.1, 0.15) is 64.6 Å². The van der Waals surface area contributed by atoms with E-state index in [0.29, 0.717) is 0 Å². The molecule has 0 aliphatic carbocycles. The summed E-state index contributed by atoms with van der Waals surface area (Å²) in [6.45, 7) is 14.1. The van der Waals surface area contributed by atoms with Crippen LogP contribution in [0, 0.1) is 0 Å². The van der Waals surface area contributed by atoms with Crippen molar-refractivity contribution in [2.75, 3.05) is 7.11 Å². The molecule has 23 heavy (non-hydrogen) atoms. The smallest absolute Gasteiger partial charge is 0.464 e. The van der Waals surface area contributed by atoms with Gasteiger partial charge in [0.05, 0.1) is 18.3 Å². The van der Waals surface area contributed by atoms with E-state index >= 15 is 0 Å². The van der Waals surface area contributed by atoms with E-state index in [1.807, 2.05) is 54.5 Å². The maximum absolute atomic E-state index is 11.9. The Morgan fingerprint density at radius 3 is 2.09 bits per heavy atom. The number of hydrogen-bond donors (Lipinski definition) is 0. The van der Waals surface area contributed by atoms with E-state index in [0.717, 1.165) is 11.2 Å². The van der Waals surface area contributed by atoms with Gasteiger partial charge in [0.15, 0.2) is 0 Å². The Bertz CT molecular complexity index is 604. The van der Waals surface area contributed by atoms with E-state index in [1.54, 1.807) is 6.07 Å². The number of methoxy groups -OCH3 is 1. The van der Waals surface area contributed by atoms with Gasteiger partial charge in [-0.2, -0.15) is 0 Å². The highest BCUT2D eigenvalue weighted by molar-refractivity contribution is 6.62. The summed E-state index contributed by atoms with van der Waals surface area (Å²) in [5.74, 6) is -0.464. The molecule has 0 unspecified atom stereocenters. The average molecular weight is 319 g/mol. The summed E-state index contributed by atoms with van der Waals surface area (Å²) in [5.41, 5.74) is 0.768. The molecule has 1 aromatic heterocycles. The van der Waals surface area contributed by atoms with Gasteiger partial charge < -0.3 is 14.0 Å². The Hall–Kier alpha value is -1.40. The summed E-state index contributed by atoms with van der Waals surface area (Å²) in [5, 5.41) is 0. The minimum Gasteiger partial charge on any atom is -0.464 e. The zero-order valence-electron chi connectivity index (χ0n) is 15.3. The minimum atomic E-state index is -0.535. The Kier molecular flexibility index (Phi) is 4.37. The summed E-state index contributed by atoms with van der Waals surface area (Å²) in [6.07, 6.45) is 0. The van der Waals surface area contributed by atoms with Crippen LogP contribution in [0.5, 0.6) is 0 Å². The highest BCUT2D eigenvalue weighted by Crippen LogP contribution is 2.36. The van der Waals surface area contributed by atoms with E-state index in [1.165, 1.54) is 7.11 Å². The number of ether oxygens (including phenoxy) is 1. The number of carbonyl (C=O) groups is 1. The molecule has 1 aliphatic heterocycles. The SMILES string of the molecule is COC(=O)c1cc(B2OC(C)(C)C(C)(C)O2)cc(C(C)(C)C)n1.